The van der Waals surface area contributed by atoms with Gasteiger partial charge in [-0.25, -0.2) is 0 Å². The quantitative estimate of drug-likeness (QED) is 0.883. The third-order valence-corrected chi connectivity index (χ3v) is 2.67. The summed E-state index contributed by atoms with van der Waals surface area (Å²) in [4.78, 5) is 11.3. The minimum atomic E-state index is -0.470. The molecule has 0 saturated carbocycles. The van der Waals surface area contributed by atoms with Crippen molar-refractivity contribution >= 4 is 21.8 Å². The zero-order valence-electron chi connectivity index (χ0n) is 8.83. The molecule has 0 unspecified atom stereocenters. The summed E-state index contributed by atoms with van der Waals surface area (Å²) in [5.74, 6) is -0.134. The predicted molar refractivity (Wildman–Crippen MR) is 64.3 cm³/mol. The van der Waals surface area contributed by atoms with Gasteiger partial charge in [0.1, 0.15) is 0 Å². The Balaban J connectivity index is 2.65. The first-order valence-corrected chi connectivity index (χ1v) is 5.61. The molecule has 0 radical (unpaired) electrons. The summed E-state index contributed by atoms with van der Waals surface area (Å²) < 4.78 is 1.02. The third-order valence-electron chi connectivity index (χ3n) is 2.14. The molecule has 4 heteroatoms. The van der Waals surface area contributed by atoms with Gasteiger partial charge in [0.15, 0.2) is 0 Å². The Morgan fingerprint density at radius 2 is 1.87 bits per heavy atom. The first kappa shape index (κ1) is 12.2. The fourth-order valence-corrected chi connectivity index (χ4v) is 1.44. The smallest absolute Gasteiger partial charge is 0.237 e. The molecule has 3 nitrogen and oxygen atoms in total. The van der Waals surface area contributed by atoms with Crippen LogP contribution in [-0.2, 0) is 4.79 Å². The second-order valence-electron chi connectivity index (χ2n) is 3.57. The highest BCUT2D eigenvalue weighted by Gasteiger charge is 2.12. The standard InChI is InChI=1S/C11H15BrN2O/c1-7(13)11(15)14-8(2)9-3-5-10(12)6-4-9/h3-8H,13H2,1-2H3,(H,14,15)/t7-,8-/m0/s1. The lowest BCUT2D eigenvalue weighted by molar-refractivity contribution is -0.122. The van der Waals surface area contributed by atoms with Gasteiger partial charge in [-0.2, -0.15) is 0 Å². The summed E-state index contributed by atoms with van der Waals surface area (Å²) in [6.07, 6.45) is 0. The van der Waals surface area contributed by atoms with E-state index in [1.165, 1.54) is 0 Å². The van der Waals surface area contributed by atoms with Crippen LogP contribution in [0.3, 0.4) is 0 Å². The SMILES string of the molecule is C[C@H](N)C(=O)N[C@@H](C)c1ccc(Br)cc1. The average Bonchev–Trinajstić information content (AvgIpc) is 2.18. The van der Waals surface area contributed by atoms with Crippen molar-refractivity contribution in [2.45, 2.75) is 25.9 Å². The van der Waals surface area contributed by atoms with Crippen LogP contribution in [0.4, 0.5) is 0 Å². The van der Waals surface area contributed by atoms with Crippen LogP contribution < -0.4 is 11.1 Å². The second kappa shape index (κ2) is 5.28. The summed E-state index contributed by atoms with van der Waals surface area (Å²) in [5, 5.41) is 2.84. The summed E-state index contributed by atoms with van der Waals surface area (Å²) in [7, 11) is 0. The van der Waals surface area contributed by atoms with Crippen molar-refractivity contribution in [3.63, 3.8) is 0 Å². The van der Waals surface area contributed by atoms with E-state index in [9.17, 15) is 4.79 Å². The van der Waals surface area contributed by atoms with E-state index >= 15 is 0 Å². The Labute approximate surface area is 98.2 Å². The minimum absolute atomic E-state index is 0.0170. The Morgan fingerprint density at radius 1 is 1.33 bits per heavy atom. The lowest BCUT2D eigenvalue weighted by Crippen LogP contribution is -2.39. The molecule has 0 aliphatic carbocycles. The molecule has 3 N–H and O–H groups in total. The van der Waals surface area contributed by atoms with Crippen LogP contribution in [0.2, 0.25) is 0 Å². The van der Waals surface area contributed by atoms with E-state index in [-0.39, 0.29) is 11.9 Å². The first-order chi connectivity index (χ1) is 7.00. The third kappa shape index (κ3) is 3.64. The molecule has 0 saturated heterocycles. The predicted octanol–water partition coefficient (Wildman–Crippen LogP) is 1.97. The molecule has 0 spiro atoms. The fraction of sp³-hybridized carbons (Fsp3) is 0.364. The van der Waals surface area contributed by atoms with Crippen molar-refractivity contribution in [3.05, 3.63) is 34.3 Å². The molecule has 15 heavy (non-hydrogen) atoms. The number of amides is 1. The van der Waals surface area contributed by atoms with Gasteiger partial charge in [0.05, 0.1) is 12.1 Å². The maximum Gasteiger partial charge on any atom is 0.237 e. The van der Waals surface area contributed by atoms with Gasteiger partial charge in [-0.3, -0.25) is 4.79 Å². The summed E-state index contributed by atoms with van der Waals surface area (Å²) in [6.45, 7) is 3.60. The van der Waals surface area contributed by atoms with E-state index in [4.69, 9.17) is 5.73 Å². The summed E-state index contributed by atoms with van der Waals surface area (Å²) in [6, 6.07) is 7.35. The Morgan fingerprint density at radius 3 is 2.33 bits per heavy atom. The summed E-state index contributed by atoms with van der Waals surface area (Å²) in [5.41, 5.74) is 6.53. The molecule has 1 rings (SSSR count). The van der Waals surface area contributed by atoms with E-state index < -0.39 is 6.04 Å². The van der Waals surface area contributed by atoms with Crippen molar-refractivity contribution in [1.29, 1.82) is 0 Å². The minimum Gasteiger partial charge on any atom is -0.348 e. The molecule has 0 aliphatic heterocycles. The summed E-state index contributed by atoms with van der Waals surface area (Å²) >= 11 is 3.36. The highest BCUT2D eigenvalue weighted by molar-refractivity contribution is 9.10. The number of hydrogen-bond donors (Lipinski definition) is 2. The molecule has 82 valence electrons. The number of rotatable bonds is 3. The lowest BCUT2D eigenvalue weighted by Gasteiger charge is -2.15. The van der Waals surface area contributed by atoms with Crippen LogP contribution in [0.25, 0.3) is 0 Å². The zero-order valence-corrected chi connectivity index (χ0v) is 10.4. The normalized spacial score (nSPS) is 14.4. The number of hydrogen-bond acceptors (Lipinski definition) is 2. The van der Waals surface area contributed by atoms with Gasteiger partial charge in [-0.15, -0.1) is 0 Å². The van der Waals surface area contributed by atoms with Gasteiger partial charge in [-0.1, -0.05) is 28.1 Å². The molecule has 0 bridgehead atoms. The average molecular weight is 271 g/mol. The van der Waals surface area contributed by atoms with Gasteiger partial charge >= 0.3 is 0 Å². The van der Waals surface area contributed by atoms with Crippen LogP contribution in [0.1, 0.15) is 25.5 Å². The van der Waals surface area contributed by atoms with E-state index in [2.05, 4.69) is 21.2 Å². The highest BCUT2D eigenvalue weighted by Crippen LogP contribution is 2.16. The van der Waals surface area contributed by atoms with Crippen LogP contribution in [-0.4, -0.2) is 11.9 Å². The Kier molecular flexibility index (Phi) is 4.29. The maximum atomic E-state index is 11.3. The number of halogens is 1. The lowest BCUT2D eigenvalue weighted by atomic mass is 10.1. The molecular formula is C11H15BrN2O. The van der Waals surface area contributed by atoms with Crippen molar-refractivity contribution in [2.24, 2.45) is 5.73 Å². The van der Waals surface area contributed by atoms with Gasteiger partial charge < -0.3 is 11.1 Å². The molecule has 1 aromatic rings. The number of nitrogens with two attached hydrogens (primary N) is 1. The highest BCUT2D eigenvalue weighted by atomic mass is 79.9. The van der Waals surface area contributed by atoms with Crippen LogP contribution >= 0.6 is 15.9 Å². The molecule has 0 fully saturated rings. The first-order valence-electron chi connectivity index (χ1n) is 4.82. The molecule has 0 aliphatic rings. The Bertz CT molecular complexity index is 335. The van der Waals surface area contributed by atoms with Crippen molar-refractivity contribution in [2.75, 3.05) is 0 Å². The van der Waals surface area contributed by atoms with Crippen molar-refractivity contribution in [3.8, 4) is 0 Å². The van der Waals surface area contributed by atoms with E-state index in [0.717, 1.165) is 10.0 Å². The fourth-order valence-electron chi connectivity index (χ4n) is 1.18. The van der Waals surface area contributed by atoms with Crippen molar-refractivity contribution < 1.29 is 4.79 Å². The molecule has 0 aromatic heterocycles. The topological polar surface area (TPSA) is 55.1 Å². The van der Waals surface area contributed by atoms with Gasteiger partial charge in [0.2, 0.25) is 5.91 Å². The van der Waals surface area contributed by atoms with Gasteiger partial charge in [0.25, 0.3) is 0 Å². The molecule has 1 amide bonds. The van der Waals surface area contributed by atoms with E-state index in [0.29, 0.717) is 0 Å². The number of benzene rings is 1. The zero-order chi connectivity index (χ0) is 11.4. The number of nitrogens with one attached hydrogen (secondary N) is 1. The van der Waals surface area contributed by atoms with E-state index in [1.54, 1.807) is 6.92 Å². The van der Waals surface area contributed by atoms with Crippen LogP contribution in [0, 0.1) is 0 Å². The van der Waals surface area contributed by atoms with Gasteiger partial charge in [0, 0.05) is 4.47 Å². The van der Waals surface area contributed by atoms with Gasteiger partial charge in [-0.05, 0) is 31.5 Å². The molecular weight excluding hydrogens is 256 g/mol. The second-order valence-corrected chi connectivity index (χ2v) is 4.49. The molecule has 1 aromatic carbocycles. The van der Waals surface area contributed by atoms with Crippen LogP contribution in [0.15, 0.2) is 28.7 Å². The van der Waals surface area contributed by atoms with Crippen molar-refractivity contribution in [1.82, 2.24) is 5.32 Å². The van der Waals surface area contributed by atoms with E-state index in [1.807, 2.05) is 31.2 Å². The maximum absolute atomic E-state index is 11.3. The Hall–Kier alpha value is -0.870. The monoisotopic (exact) mass is 270 g/mol. The van der Waals surface area contributed by atoms with Crippen LogP contribution in [0.5, 0.6) is 0 Å². The molecule has 2 atom stereocenters. The largest absolute Gasteiger partial charge is 0.348 e. The number of carbonyl (C=O) groups is 1. The number of carbonyl (C=O) groups excluding carboxylic acids is 1. The molecule has 0 heterocycles.